The van der Waals surface area contributed by atoms with Crippen LogP contribution in [0.5, 0.6) is 0 Å². The van der Waals surface area contributed by atoms with E-state index in [1.54, 1.807) is 0 Å². The highest BCUT2D eigenvalue weighted by molar-refractivity contribution is 7.90. The molecule has 1 unspecified atom stereocenters. The summed E-state index contributed by atoms with van der Waals surface area (Å²) in [7, 11) is -2.81. The quantitative estimate of drug-likeness (QED) is 0.839. The Kier molecular flexibility index (Phi) is 6.30. The maximum atomic E-state index is 11.2. The average molecular weight is 302 g/mol. The molecule has 0 amide bonds. The van der Waals surface area contributed by atoms with Crippen LogP contribution < -0.4 is 5.32 Å². The predicted molar refractivity (Wildman–Crippen MR) is 83.8 cm³/mol. The van der Waals surface area contributed by atoms with E-state index in [4.69, 9.17) is 0 Å². The van der Waals surface area contributed by atoms with Crippen LogP contribution in [0.2, 0.25) is 0 Å². The normalized spacial score (nSPS) is 27.4. The van der Waals surface area contributed by atoms with Gasteiger partial charge in [0.2, 0.25) is 0 Å². The molecule has 1 aliphatic carbocycles. The molecule has 2 aliphatic rings. The molecule has 5 heteroatoms. The van der Waals surface area contributed by atoms with Crippen LogP contribution in [0.4, 0.5) is 0 Å². The molecular weight excluding hydrogens is 272 g/mol. The first kappa shape index (κ1) is 16.2. The van der Waals surface area contributed by atoms with Gasteiger partial charge in [-0.25, -0.2) is 8.42 Å². The van der Waals surface area contributed by atoms with Crippen molar-refractivity contribution in [1.82, 2.24) is 10.2 Å². The van der Waals surface area contributed by atoms with Gasteiger partial charge in [-0.1, -0.05) is 19.3 Å². The lowest BCUT2D eigenvalue weighted by molar-refractivity contribution is 0.206. The highest BCUT2D eigenvalue weighted by Gasteiger charge is 2.26. The molecule has 0 radical (unpaired) electrons. The lowest BCUT2D eigenvalue weighted by Crippen LogP contribution is -2.44. The molecule has 1 aliphatic heterocycles. The van der Waals surface area contributed by atoms with Crippen molar-refractivity contribution in [2.75, 3.05) is 38.2 Å². The zero-order chi connectivity index (χ0) is 14.4. The third-order valence-corrected chi connectivity index (χ3v) is 5.75. The zero-order valence-electron chi connectivity index (χ0n) is 12.8. The molecular formula is C15H30N2O2S. The van der Waals surface area contributed by atoms with Crippen molar-refractivity contribution in [2.45, 2.75) is 51.0 Å². The number of nitrogens with zero attached hydrogens (tertiary/aromatic N) is 1. The van der Waals surface area contributed by atoms with Crippen molar-refractivity contribution in [1.29, 1.82) is 0 Å². The molecule has 2 fully saturated rings. The van der Waals surface area contributed by atoms with E-state index < -0.39 is 9.84 Å². The van der Waals surface area contributed by atoms with Gasteiger partial charge in [0.1, 0.15) is 9.84 Å². The fourth-order valence-corrected chi connectivity index (χ4v) is 4.28. The van der Waals surface area contributed by atoms with Crippen molar-refractivity contribution in [3.05, 3.63) is 0 Å². The van der Waals surface area contributed by atoms with E-state index in [9.17, 15) is 8.42 Å². The average Bonchev–Trinajstić information content (AvgIpc) is 2.64. The summed E-state index contributed by atoms with van der Waals surface area (Å²) >= 11 is 0. The molecule has 2 rings (SSSR count). The molecule has 1 saturated heterocycles. The van der Waals surface area contributed by atoms with Crippen molar-refractivity contribution < 1.29 is 8.42 Å². The van der Waals surface area contributed by atoms with Gasteiger partial charge in [0.25, 0.3) is 0 Å². The van der Waals surface area contributed by atoms with Gasteiger partial charge >= 0.3 is 0 Å². The molecule has 0 aromatic rings. The summed E-state index contributed by atoms with van der Waals surface area (Å²) in [6.45, 7) is 4.26. The monoisotopic (exact) mass is 302 g/mol. The van der Waals surface area contributed by atoms with Gasteiger partial charge in [-0.2, -0.15) is 0 Å². The second kappa shape index (κ2) is 7.76. The van der Waals surface area contributed by atoms with Crippen molar-refractivity contribution >= 4 is 9.84 Å². The predicted octanol–water partition coefficient (Wildman–Crippen LogP) is 1.67. The minimum atomic E-state index is -2.81. The standard InChI is InChI=1S/C15H30N2O2S/c1-20(18,19)12-6-11-17-10-5-9-16-15(13-17)14-7-3-2-4-8-14/h14-16H,2-13H2,1H3. The lowest BCUT2D eigenvalue weighted by atomic mass is 9.83. The summed E-state index contributed by atoms with van der Waals surface area (Å²) in [5, 5.41) is 3.73. The SMILES string of the molecule is CS(=O)(=O)CCCN1CCCNC(C2CCCCC2)C1. The summed E-state index contributed by atoms with van der Waals surface area (Å²) in [4.78, 5) is 2.48. The topological polar surface area (TPSA) is 49.4 Å². The van der Waals surface area contributed by atoms with Gasteiger partial charge in [-0.3, -0.25) is 0 Å². The second-order valence-corrected chi connectivity index (χ2v) is 8.86. The number of hydrogen-bond donors (Lipinski definition) is 1. The summed E-state index contributed by atoms with van der Waals surface area (Å²) in [6.07, 6.45) is 10.2. The van der Waals surface area contributed by atoms with E-state index in [2.05, 4.69) is 10.2 Å². The fraction of sp³-hybridized carbons (Fsp3) is 1.00. The van der Waals surface area contributed by atoms with E-state index in [1.807, 2.05) is 0 Å². The molecule has 1 saturated carbocycles. The van der Waals surface area contributed by atoms with Gasteiger partial charge in [-0.15, -0.1) is 0 Å². The maximum absolute atomic E-state index is 11.2. The molecule has 1 atom stereocenters. The van der Waals surface area contributed by atoms with Crippen LogP contribution in [0.3, 0.4) is 0 Å². The summed E-state index contributed by atoms with van der Waals surface area (Å²) < 4.78 is 22.4. The lowest BCUT2D eigenvalue weighted by Gasteiger charge is -2.32. The highest BCUT2D eigenvalue weighted by Crippen LogP contribution is 2.27. The van der Waals surface area contributed by atoms with Crippen LogP contribution in [0.1, 0.15) is 44.9 Å². The van der Waals surface area contributed by atoms with E-state index in [0.717, 1.165) is 38.5 Å². The molecule has 1 N–H and O–H groups in total. The first-order chi connectivity index (χ1) is 9.54. The van der Waals surface area contributed by atoms with Crippen LogP contribution in [0, 0.1) is 5.92 Å². The van der Waals surface area contributed by atoms with Crippen molar-refractivity contribution in [2.24, 2.45) is 5.92 Å². The molecule has 0 bridgehead atoms. The Hall–Kier alpha value is -0.130. The highest BCUT2D eigenvalue weighted by atomic mass is 32.2. The molecule has 20 heavy (non-hydrogen) atoms. The van der Waals surface area contributed by atoms with Crippen LogP contribution in [0.25, 0.3) is 0 Å². The van der Waals surface area contributed by atoms with Crippen LogP contribution >= 0.6 is 0 Å². The number of sulfone groups is 1. The van der Waals surface area contributed by atoms with E-state index in [-0.39, 0.29) is 0 Å². The molecule has 0 aromatic heterocycles. The van der Waals surface area contributed by atoms with Gasteiger partial charge in [0.05, 0.1) is 5.75 Å². The molecule has 0 spiro atoms. The molecule has 4 nitrogen and oxygen atoms in total. The fourth-order valence-electron chi connectivity index (χ4n) is 3.63. The van der Waals surface area contributed by atoms with E-state index in [1.165, 1.54) is 44.8 Å². The first-order valence-electron chi connectivity index (χ1n) is 8.18. The Morgan fingerprint density at radius 3 is 2.60 bits per heavy atom. The van der Waals surface area contributed by atoms with Crippen LogP contribution in [-0.4, -0.2) is 57.5 Å². The number of hydrogen-bond acceptors (Lipinski definition) is 4. The Balaban J connectivity index is 1.80. The largest absolute Gasteiger partial charge is 0.312 e. The maximum Gasteiger partial charge on any atom is 0.147 e. The Bertz CT molecular complexity index is 377. The van der Waals surface area contributed by atoms with Crippen molar-refractivity contribution in [3.63, 3.8) is 0 Å². The summed E-state index contributed by atoms with van der Waals surface area (Å²) in [5.41, 5.74) is 0. The third kappa shape index (κ3) is 5.70. The third-order valence-electron chi connectivity index (χ3n) is 4.72. The van der Waals surface area contributed by atoms with Crippen molar-refractivity contribution in [3.8, 4) is 0 Å². The number of nitrogens with one attached hydrogen (secondary N) is 1. The Morgan fingerprint density at radius 2 is 1.90 bits per heavy atom. The van der Waals surface area contributed by atoms with E-state index >= 15 is 0 Å². The van der Waals surface area contributed by atoms with Crippen LogP contribution in [-0.2, 0) is 9.84 Å². The van der Waals surface area contributed by atoms with Gasteiger partial charge < -0.3 is 10.2 Å². The summed E-state index contributed by atoms with van der Waals surface area (Å²) in [5.74, 6) is 1.16. The van der Waals surface area contributed by atoms with Crippen LogP contribution in [0.15, 0.2) is 0 Å². The smallest absolute Gasteiger partial charge is 0.147 e. The van der Waals surface area contributed by atoms with Gasteiger partial charge in [0.15, 0.2) is 0 Å². The molecule has 118 valence electrons. The minimum absolute atomic E-state index is 0.324. The first-order valence-corrected chi connectivity index (χ1v) is 10.2. The number of rotatable bonds is 5. The second-order valence-electron chi connectivity index (χ2n) is 6.60. The van der Waals surface area contributed by atoms with E-state index in [0.29, 0.717) is 11.8 Å². The summed E-state index contributed by atoms with van der Waals surface area (Å²) in [6, 6.07) is 0.621. The molecule has 1 heterocycles. The van der Waals surface area contributed by atoms with Gasteiger partial charge in [-0.05, 0) is 51.2 Å². The van der Waals surface area contributed by atoms with Gasteiger partial charge in [0, 0.05) is 18.8 Å². The molecule has 0 aromatic carbocycles. The minimum Gasteiger partial charge on any atom is -0.312 e. The zero-order valence-corrected chi connectivity index (χ0v) is 13.6. The Labute approximate surface area is 124 Å². The Morgan fingerprint density at radius 1 is 1.15 bits per heavy atom.